The summed E-state index contributed by atoms with van der Waals surface area (Å²) >= 11 is 11.2. The fourth-order valence-corrected chi connectivity index (χ4v) is 2.31. The number of thiocarbonyl (C=S) groups is 1. The Bertz CT molecular complexity index is 551. The van der Waals surface area contributed by atoms with Crippen molar-refractivity contribution in [2.75, 3.05) is 5.32 Å². The van der Waals surface area contributed by atoms with Gasteiger partial charge in [0.05, 0.1) is 11.8 Å². The summed E-state index contributed by atoms with van der Waals surface area (Å²) in [5.41, 5.74) is 0.743. The minimum Gasteiger partial charge on any atom is -0.484 e. The van der Waals surface area contributed by atoms with E-state index in [2.05, 4.69) is 5.32 Å². The molecule has 0 bridgehead atoms. The van der Waals surface area contributed by atoms with Crippen LogP contribution in [0.2, 0.25) is 5.02 Å². The number of hydrogen-bond acceptors (Lipinski definition) is 3. The Morgan fingerprint density at radius 3 is 2.73 bits per heavy atom. The average molecular weight is 346 g/mol. The quantitative estimate of drug-likeness (QED) is 0.714. The van der Waals surface area contributed by atoms with E-state index in [0.717, 1.165) is 6.42 Å². The highest BCUT2D eigenvalue weighted by Crippen LogP contribution is 2.25. The smallest absolute Gasteiger partial charge is 0.224 e. The fraction of sp³-hybridized carbons (Fsp3) is 0.500. The van der Waals surface area contributed by atoms with Gasteiger partial charge < -0.3 is 10.1 Å². The van der Waals surface area contributed by atoms with E-state index in [1.807, 2.05) is 20.8 Å². The highest BCUT2D eigenvalue weighted by atomic mass is 35.5. The third kappa shape index (κ3) is 5.89. The molecule has 1 rings (SSSR count). The molecule has 3 nitrogen and oxygen atoms in total. The number of amides is 1. The lowest BCUT2D eigenvalue weighted by Gasteiger charge is -2.15. The lowest BCUT2D eigenvalue weighted by molar-refractivity contribution is -0.116. The van der Waals surface area contributed by atoms with Crippen LogP contribution in [0.4, 0.5) is 10.1 Å². The van der Waals surface area contributed by atoms with Crippen LogP contribution in [0.3, 0.4) is 0 Å². The van der Waals surface area contributed by atoms with Crippen LogP contribution in [0.1, 0.15) is 45.6 Å². The van der Waals surface area contributed by atoms with Crippen LogP contribution in [0.5, 0.6) is 0 Å². The van der Waals surface area contributed by atoms with Crippen molar-refractivity contribution >= 4 is 40.5 Å². The maximum absolute atomic E-state index is 13.9. The lowest BCUT2D eigenvalue weighted by atomic mass is 10.1. The molecule has 1 aromatic carbocycles. The number of halogens is 2. The Hall–Kier alpha value is -1.20. The third-order valence-corrected chi connectivity index (χ3v) is 3.72. The molecule has 1 aromatic rings. The van der Waals surface area contributed by atoms with Crippen molar-refractivity contribution in [2.24, 2.45) is 0 Å². The normalized spacial score (nSPS) is 11.9. The summed E-state index contributed by atoms with van der Waals surface area (Å²) in [5, 5.41) is 3.21. The number of nitrogens with one attached hydrogen (secondary N) is 1. The van der Waals surface area contributed by atoms with Gasteiger partial charge in [-0.25, -0.2) is 4.39 Å². The summed E-state index contributed by atoms with van der Waals surface area (Å²) in [7, 11) is 0. The molecule has 1 N–H and O–H groups in total. The van der Waals surface area contributed by atoms with E-state index in [4.69, 9.17) is 28.6 Å². The molecule has 0 radical (unpaired) electrons. The van der Waals surface area contributed by atoms with Gasteiger partial charge in [-0.2, -0.15) is 0 Å². The zero-order chi connectivity index (χ0) is 16.7. The van der Waals surface area contributed by atoms with Crippen LogP contribution in [0.15, 0.2) is 12.1 Å². The van der Waals surface area contributed by atoms with Gasteiger partial charge in [0.2, 0.25) is 5.91 Å². The molecule has 6 heteroatoms. The van der Waals surface area contributed by atoms with E-state index >= 15 is 0 Å². The Kier molecular flexibility index (Phi) is 7.76. The molecule has 0 heterocycles. The zero-order valence-corrected chi connectivity index (χ0v) is 14.6. The fourth-order valence-electron chi connectivity index (χ4n) is 1.77. The van der Waals surface area contributed by atoms with Gasteiger partial charge in [0.15, 0.2) is 5.05 Å². The van der Waals surface area contributed by atoms with Crippen molar-refractivity contribution in [3.05, 3.63) is 28.5 Å². The van der Waals surface area contributed by atoms with E-state index in [-0.39, 0.29) is 22.7 Å². The number of ether oxygens (including phenoxy) is 1. The van der Waals surface area contributed by atoms with E-state index in [0.29, 0.717) is 29.9 Å². The van der Waals surface area contributed by atoms with Crippen LogP contribution in [0.25, 0.3) is 0 Å². The van der Waals surface area contributed by atoms with Gasteiger partial charge in [-0.05, 0) is 49.7 Å². The molecule has 0 saturated heterocycles. The first-order valence-corrected chi connectivity index (χ1v) is 8.13. The molecule has 0 aliphatic heterocycles. The molecule has 122 valence electrons. The molecule has 0 fully saturated rings. The van der Waals surface area contributed by atoms with Gasteiger partial charge in [0.25, 0.3) is 0 Å². The Morgan fingerprint density at radius 1 is 1.45 bits per heavy atom. The average Bonchev–Trinajstić information content (AvgIpc) is 2.44. The summed E-state index contributed by atoms with van der Waals surface area (Å²) in [5.74, 6) is -0.792. The molecular formula is C16H21ClFNO2S. The second kappa shape index (κ2) is 9.06. The second-order valence-electron chi connectivity index (χ2n) is 5.11. The lowest BCUT2D eigenvalue weighted by Crippen LogP contribution is -2.15. The Morgan fingerprint density at radius 2 is 2.14 bits per heavy atom. The monoisotopic (exact) mass is 345 g/mol. The van der Waals surface area contributed by atoms with E-state index in [9.17, 15) is 9.18 Å². The first-order chi connectivity index (χ1) is 10.4. The number of hydrogen-bond donors (Lipinski definition) is 1. The largest absolute Gasteiger partial charge is 0.484 e. The first-order valence-electron chi connectivity index (χ1n) is 7.34. The van der Waals surface area contributed by atoms with Crippen LogP contribution in [0, 0.1) is 5.82 Å². The van der Waals surface area contributed by atoms with E-state index in [1.54, 1.807) is 0 Å². The summed E-state index contributed by atoms with van der Waals surface area (Å²) in [6, 6.07) is 2.70. The van der Waals surface area contributed by atoms with Crippen molar-refractivity contribution in [1.29, 1.82) is 0 Å². The first kappa shape index (κ1) is 18.8. The van der Waals surface area contributed by atoms with Gasteiger partial charge >= 0.3 is 0 Å². The van der Waals surface area contributed by atoms with Crippen molar-refractivity contribution in [3.63, 3.8) is 0 Å². The molecular weight excluding hydrogens is 325 g/mol. The van der Waals surface area contributed by atoms with Crippen LogP contribution in [-0.4, -0.2) is 17.1 Å². The number of carbonyl (C=O) groups is 1. The Labute approximate surface area is 141 Å². The highest BCUT2D eigenvalue weighted by molar-refractivity contribution is 7.80. The summed E-state index contributed by atoms with van der Waals surface area (Å²) in [4.78, 5) is 11.6. The van der Waals surface area contributed by atoms with Crippen LogP contribution in [-0.2, 0) is 16.0 Å². The number of benzene rings is 1. The maximum atomic E-state index is 13.9. The van der Waals surface area contributed by atoms with E-state index < -0.39 is 5.82 Å². The number of anilines is 1. The van der Waals surface area contributed by atoms with Crippen LogP contribution < -0.4 is 5.32 Å². The van der Waals surface area contributed by atoms with E-state index in [1.165, 1.54) is 12.1 Å². The van der Waals surface area contributed by atoms with Gasteiger partial charge in [-0.3, -0.25) is 4.79 Å². The molecule has 0 spiro atoms. The van der Waals surface area contributed by atoms with Crippen molar-refractivity contribution < 1.29 is 13.9 Å². The molecule has 0 aliphatic rings. The minimum absolute atomic E-state index is 0.0236. The number of rotatable bonds is 7. The van der Waals surface area contributed by atoms with Gasteiger partial charge in [0, 0.05) is 17.9 Å². The van der Waals surface area contributed by atoms with Crippen LogP contribution >= 0.6 is 23.8 Å². The van der Waals surface area contributed by atoms with Crippen molar-refractivity contribution in [2.45, 2.75) is 52.6 Å². The third-order valence-electron chi connectivity index (χ3n) is 3.13. The predicted octanol–water partition coefficient (Wildman–Crippen LogP) is 4.90. The van der Waals surface area contributed by atoms with Crippen molar-refractivity contribution in [3.8, 4) is 0 Å². The number of carbonyl (C=O) groups excluding carboxylic acids is 1. The summed E-state index contributed by atoms with van der Waals surface area (Å²) in [6.07, 6.45) is 2.20. The molecule has 22 heavy (non-hydrogen) atoms. The molecule has 0 aliphatic carbocycles. The molecule has 1 unspecified atom stereocenters. The Balaban J connectivity index is 2.87. The SMILES string of the molecule is CCCC(=O)Nc1cc(CC(=S)OC(C)CC)c(Cl)cc1F. The van der Waals surface area contributed by atoms with Crippen molar-refractivity contribution in [1.82, 2.24) is 0 Å². The molecule has 0 aromatic heterocycles. The van der Waals surface area contributed by atoms with Gasteiger partial charge in [-0.1, -0.05) is 25.4 Å². The predicted molar refractivity (Wildman–Crippen MR) is 92.1 cm³/mol. The summed E-state index contributed by atoms with van der Waals surface area (Å²) in [6.45, 7) is 5.81. The topological polar surface area (TPSA) is 38.3 Å². The standard InChI is InChI=1S/C16H21ClFNO2S/c1-4-6-15(20)19-14-7-11(12(17)9-13(14)18)8-16(22)21-10(3)5-2/h7,9-10H,4-6,8H2,1-3H3,(H,19,20). The molecule has 0 saturated carbocycles. The maximum Gasteiger partial charge on any atom is 0.224 e. The second-order valence-corrected chi connectivity index (χ2v) is 5.97. The van der Waals surface area contributed by atoms with Gasteiger partial charge in [0.1, 0.15) is 5.82 Å². The summed E-state index contributed by atoms with van der Waals surface area (Å²) < 4.78 is 19.4. The zero-order valence-electron chi connectivity index (χ0n) is 13.0. The van der Waals surface area contributed by atoms with Gasteiger partial charge in [-0.15, -0.1) is 0 Å². The molecule has 1 atom stereocenters. The molecule has 1 amide bonds. The highest BCUT2D eigenvalue weighted by Gasteiger charge is 2.13. The minimum atomic E-state index is -0.563.